The second-order valence-electron chi connectivity index (χ2n) is 9.72. The lowest BCUT2D eigenvalue weighted by Gasteiger charge is -2.27. The van der Waals surface area contributed by atoms with Crippen LogP contribution in [0.2, 0.25) is 5.02 Å². The van der Waals surface area contributed by atoms with E-state index in [4.69, 9.17) is 11.6 Å². The Morgan fingerprint density at radius 2 is 1.59 bits per heavy atom. The highest BCUT2D eigenvalue weighted by Crippen LogP contribution is 2.39. The molecule has 2 aliphatic heterocycles. The molecule has 37 heavy (non-hydrogen) atoms. The summed E-state index contributed by atoms with van der Waals surface area (Å²) in [7, 11) is 0. The highest BCUT2D eigenvalue weighted by Gasteiger charge is 2.32. The molecule has 5 nitrogen and oxygen atoms in total. The molecule has 2 fully saturated rings. The van der Waals surface area contributed by atoms with Gasteiger partial charge in [0.1, 0.15) is 5.37 Å². The third-order valence-corrected chi connectivity index (χ3v) is 8.60. The van der Waals surface area contributed by atoms with Gasteiger partial charge < -0.3 is 10.2 Å². The Morgan fingerprint density at radius 3 is 2.32 bits per heavy atom. The van der Waals surface area contributed by atoms with Crippen LogP contribution < -0.4 is 5.32 Å². The lowest BCUT2D eigenvalue weighted by molar-refractivity contribution is -0.128. The highest BCUT2D eigenvalue weighted by molar-refractivity contribution is 8.00. The zero-order valence-electron chi connectivity index (χ0n) is 20.9. The third kappa shape index (κ3) is 6.56. The standard InChI is InChI=1S/C30H32ClN3O2S/c31-27-14-8-22(9-15-27)19-34-28(35)21-37-30(34)24-12-10-23(11-13-24)29(36)32-18-25-6-2-3-7-26(25)20-33-16-4-1-5-17-33/h2-3,6-15,30H,1,4-5,16-21H2,(H,32,36)/t30-/m0/s1. The van der Waals surface area contributed by atoms with Crippen molar-refractivity contribution in [2.75, 3.05) is 18.8 Å². The molecule has 2 aliphatic rings. The van der Waals surface area contributed by atoms with Crippen molar-refractivity contribution >= 4 is 35.2 Å². The van der Waals surface area contributed by atoms with Gasteiger partial charge in [0.2, 0.25) is 5.91 Å². The molecule has 2 saturated heterocycles. The first-order valence-electron chi connectivity index (χ1n) is 12.9. The van der Waals surface area contributed by atoms with Gasteiger partial charge in [-0.25, -0.2) is 0 Å². The Hall–Kier alpha value is -2.80. The van der Waals surface area contributed by atoms with E-state index >= 15 is 0 Å². The van der Waals surface area contributed by atoms with Gasteiger partial charge in [-0.05, 0) is 72.5 Å². The van der Waals surface area contributed by atoms with Crippen LogP contribution in [0.4, 0.5) is 0 Å². The van der Waals surface area contributed by atoms with Gasteiger partial charge in [-0.1, -0.05) is 66.6 Å². The van der Waals surface area contributed by atoms with Gasteiger partial charge in [-0.15, -0.1) is 11.8 Å². The summed E-state index contributed by atoms with van der Waals surface area (Å²) in [6, 6.07) is 23.6. The molecule has 192 valence electrons. The molecule has 0 saturated carbocycles. The summed E-state index contributed by atoms with van der Waals surface area (Å²) in [5, 5.41) is 3.71. The van der Waals surface area contributed by atoms with Crippen molar-refractivity contribution in [1.82, 2.24) is 15.1 Å². The van der Waals surface area contributed by atoms with Crippen LogP contribution in [0, 0.1) is 0 Å². The summed E-state index contributed by atoms with van der Waals surface area (Å²) in [4.78, 5) is 29.9. The number of hydrogen-bond donors (Lipinski definition) is 1. The summed E-state index contributed by atoms with van der Waals surface area (Å²) >= 11 is 7.62. The van der Waals surface area contributed by atoms with Crippen molar-refractivity contribution in [2.45, 2.75) is 44.3 Å². The van der Waals surface area contributed by atoms with Gasteiger partial charge in [0.25, 0.3) is 5.91 Å². The Balaban J connectivity index is 1.20. The molecule has 7 heteroatoms. The summed E-state index contributed by atoms with van der Waals surface area (Å²) < 4.78 is 0. The summed E-state index contributed by atoms with van der Waals surface area (Å²) in [6.45, 7) is 4.27. The second kappa shape index (κ2) is 12.2. The van der Waals surface area contributed by atoms with Crippen molar-refractivity contribution in [3.05, 3.63) is 106 Å². The van der Waals surface area contributed by atoms with E-state index in [9.17, 15) is 9.59 Å². The van der Waals surface area contributed by atoms with Crippen molar-refractivity contribution in [3.8, 4) is 0 Å². The number of benzene rings is 3. The average Bonchev–Trinajstić information content (AvgIpc) is 3.29. The Bertz CT molecular complexity index is 1230. The number of rotatable bonds is 8. The topological polar surface area (TPSA) is 52.7 Å². The maximum Gasteiger partial charge on any atom is 0.251 e. The Labute approximate surface area is 228 Å². The molecule has 0 unspecified atom stereocenters. The summed E-state index contributed by atoms with van der Waals surface area (Å²) in [5.74, 6) is 0.486. The van der Waals surface area contributed by atoms with E-state index < -0.39 is 0 Å². The maximum absolute atomic E-state index is 12.9. The van der Waals surface area contributed by atoms with E-state index in [0.29, 0.717) is 29.4 Å². The fraction of sp³-hybridized carbons (Fsp3) is 0.333. The zero-order valence-corrected chi connectivity index (χ0v) is 22.4. The molecule has 3 aromatic carbocycles. The number of carbonyl (C=O) groups excluding carboxylic acids is 2. The predicted molar refractivity (Wildman–Crippen MR) is 150 cm³/mol. The molecule has 0 radical (unpaired) electrons. The lowest BCUT2D eigenvalue weighted by Crippen LogP contribution is -2.30. The molecule has 0 aliphatic carbocycles. The number of likely N-dealkylation sites (tertiary alicyclic amines) is 1. The minimum atomic E-state index is -0.0903. The highest BCUT2D eigenvalue weighted by atomic mass is 35.5. The van der Waals surface area contributed by atoms with Crippen molar-refractivity contribution in [3.63, 3.8) is 0 Å². The van der Waals surface area contributed by atoms with E-state index in [-0.39, 0.29) is 17.2 Å². The summed E-state index contributed by atoms with van der Waals surface area (Å²) in [5.41, 5.74) is 5.13. The maximum atomic E-state index is 12.9. The average molecular weight is 534 g/mol. The molecule has 0 spiro atoms. The van der Waals surface area contributed by atoms with Gasteiger partial charge in [0.15, 0.2) is 0 Å². The van der Waals surface area contributed by atoms with Crippen LogP contribution in [0.25, 0.3) is 0 Å². The fourth-order valence-corrected chi connectivity index (χ4v) is 6.32. The third-order valence-electron chi connectivity index (χ3n) is 7.09. The monoisotopic (exact) mass is 533 g/mol. The van der Waals surface area contributed by atoms with Crippen molar-refractivity contribution < 1.29 is 9.59 Å². The van der Waals surface area contributed by atoms with Crippen LogP contribution in [0.15, 0.2) is 72.8 Å². The molecule has 2 heterocycles. The molecule has 0 aromatic heterocycles. The quantitative estimate of drug-likeness (QED) is 0.384. The number of halogens is 1. The molecular weight excluding hydrogens is 502 g/mol. The van der Waals surface area contributed by atoms with E-state index in [1.165, 1.54) is 24.8 Å². The number of amides is 2. The molecule has 1 N–H and O–H groups in total. The first kappa shape index (κ1) is 25.8. The van der Waals surface area contributed by atoms with Gasteiger partial charge in [0, 0.05) is 30.2 Å². The Morgan fingerprint density at radius 1 is 0.892 bits per heavy atom. The van der Waals surface area contributed by atoms with E-state index in [2.05, 4.69) is 28.4 Å². The lowest BCUT2D eigenvalue weighted by atomic mass is 10.0. The predicted octanol–water partition coefficient (Wildman–Crippen LogP) is 6.03. The SMILES string of the molecule is O=C(NCc1ccccc1CN1CCCCC1)c1ccc([C@@H]2SCC(=O)N2Cc2ccc(Cl)cc2)cc1. The molecule has 0 bridgehead atoms. The van der Waals surface area contributed by atoms with Crippen LogP contribution in [0.5, 0.6) is 0 Å². The van der Waals surface area contributed by atoms with Gasteiger partial charge in [-0.3, -0.25) is 14.5 Å². The normalized spacial score (nSPS) is 18.2. The number of hydrogen-bond acceptors (Lipinski definition) is 4. The van der Waals surface area contributed by atoms with Crippen LogP contribution in [0.1, 0.15) is 57.2 Å². The Kier molecular flexibility index (Phi) is 8.49. The van der Waals surface area contributed by atoms with Crippen LogP contribution >= 0.6 is 23.4 Å². The second-order valence-corrected chi connectivity index (χ2v) is 11.2. The number of thioether (sulfide) groups is 1. The largest absolute Gasteiger partial charge is 0.348 e. The number of piperidine rings is 1. The molecule has 3 aromatic rings. The van der Waals surface area contributed by atoms with Crippen LogP contribution in [-0.2, 0) is 24.4 Å². The molecule has 2 amide bonds. The fourth-order valence-electron chi connectivity index (χ4n) is 5.01. The van der Waals surface area contributed by atoms with E-state index in [1.54, 1.807) is 11.8 Å². The van der Waals surface area contributed by atoms with E-state index in [1.807, 2.05) is 59.5 Å². The van der Waals surface area contributed by atoms with Gasteiger partial charge in [0.05, 0.1) is 5.75 Å². The first-order chi connectivity index (χ1) is 18.1. The number of nitrogens with one attached hydrogen (secondary N) is 1. The number of nitrogens with zero attached hydrogens (tertiary/aromatic N) is 2. The van der Waals surface area contributed by atoms with Crippen LogP contribution in [-0.4, -0.2) is 40.5 Å². The van der Waals surface area contributed by atoms with Crippen molar-refractivity contribution in [2.24, 2.45) is 0 Å². The smallest absolute Gasteiger partial charge is 0.251 e. The number of carbonyl (C=O) groups is 2. The molecular formula is C30H32ClN3O2S. The zero-order chi connectivity index (χ0) is 25.6. The van der Waals surface area contributed by atoms with E-state index in [0.717, 1.165) is 36.3 Å². The minimum absolute atomic E-state index is 0.0676. The molecule has 5 rings (SSSR count). The van der Waals surface area contributed by atoms with Crippen LogP contribution in [0.3, 0.4) is 0 Å². The first-order valence-corrected chi connectivity index (χ1v) is 14.3. The van der Waals surface area contributed by atoms with Gasteiger partial charge >= 0.3 is 0 Å². The van der Waals surface area contributed by atoms with Gasteiger partial charge in [-0.2, -0.15) is 0 Å². The van der Waals surface area contributed by atoms with Crippen molar-refractivity contribution in [1.29, 1.82) is 0 Å². The minimum Gasteiger partial charge on any atom is -0.348 e. The molecule has 1 atom stereocenters. The summed E-state index contributed by atoms with van der Waals surface area (Å²) in [6.07, 6.45) is 3.85.